The SMILES string of the molecule is CC1CCCCN1CCCNC(=O)c1csc(CN(C(=O)Nc2ccc(Cl)cc2)C(C)C)n1. The highest BCUT2D eigenvalue weighted by atomic mass is 35.5. The van der Waals surface area contributed by atoms with Crippen molar-refractivity contribution in [3.8, 4) is 0 Å². The van der Waals surface area contributed by atoms with Crippen LogP contribution in [0.1, 0.15) is 62.0 Å². The van der Waals surface area contributed by atoms with Crippen molar-refractivity contribution in [1.29, 1.82) is 0 Å². The molecule has 1 aromatic heterocycles. The molecule has 1 aliphatic rings. The van der Waals surface area contributed by atoms with Crippen molar-refractivity contribution in [2.45, 2.75) is 65.1 Å². The number of amides is 3. The molecule has 2 heterocycles. The average molecular weight is 492 g/mol. The zero-order valence-electron chi connectivity index (χ0n) is 19.6. The summed E-state index contributed by atoms with van der Waals surface area (Å²) in [7, 11) is 0. The van der Waals surface area contributed by atoms with Gasteiger partial charge in [-0.15, -0.1) is 11.3 Å². The summed E-state index contributed by atoms with van der Waals surface area (Å²) in [5, 5.41) is 8.96. The first kappa shape index (κ1) is 25.5. The Morgan fingerprint density at radius 2 is 2.03 bits per heavy atom. The minimum atomic E-state index is -0.222. The van der Waals surface area contributed by atoms with Gasteiger partial charge in [-0.2, -0.15) is 0 Å². The van der Waals surface area contributed by atoms with E-state index in [-0.39, 0.29) is 18.0 Å². The van der Waals surface area contributed by atoms with E-state index in [1.807, 2.05) is 13.8 Å². The van der Waals surface area contributed by atoms with Crippen molar-refractivity contribution in [1.82, 2.24) is 20.1 Å². The normalized spacial score (nSPS) is 16.6. The summed E-state index contributed by atoms with van der Waals surface area (Å²) in [5.74, 6) is -0.161. The number of nitrogens with one attached hydrogen (secondary N) is 2. The molecule has 1 fully saturated rings. The number of carbonyl (C=O) groups is 2. The predicted octanol–water partition coefficient (Wildman–Crippen LogP) is 5.23. The van der Waals surface area contributed by atoms with Gasteiger partial charge < -0.3 is 20.4 Å². The molecule has 1 aliphatic heterocycles. The maximum Gasteiger partial charge on any atom is 0.322 e. The van der Waals surface area contributed by atoms with E-state index >= 15 is 0 Å². The highest BCUT2D eigenvalue weighted by molar-refractivity contribution is 7.09. The monoisotopic (exact) mass is 491 g/mol. The van der Waals surface area contributed by atoms with Crippen LogP contribution in [0, 0.1) is 0 Å². The van der Waals surface area contributed by atoms with Crippen LogP contribution in [0.15, 0.2) is 29.6 Å². The maximum absolute atomic E-state index is 12.8. The summed E-state index contributed by atoms with van der Waals surface area (Å²) in [6.45, 7) is 9.32. The van der Waals surface area contributed by atoms with Gasteiger partial charge in [0.05, 0.1) is 6.54 Å². The van der Waals surface area contributed by atoms with E-state index < -0.39 is 0 Å². The zero-order valence-corrected chi connectivity index (χ0v) is 21.2. The van der Waals surface area contributed by atoms with E-state index in [0.717, 1.165) is 24.5 Å². The van der Waals surface area contributed by atoms with Crippen LogP contribution < -0.4 is 10.6 Å². The van der Waals surface area contributed by atoms with Crippen molar-refractivity contribution in [3.05, 3.63) is 45.4 Å². The fourth-order valence-electron chi connectivity index (χ4n) is 3.92. The van der Waals surface area contributed by atoms with Crippen molar-refractivity contribution >= 4 is 40.6 Å². The van der Waals surface area contributed by atoms with E-state index in [4.69, 9.17) is 11.6 Å². The molecule has 0 aliphatic carbocycles. The molecule has 1 atom stereocenters. The number of anilines is 1. The fraction of sp³-hybridized carbons (Fsp3) is 0.542. The van der Waals surface area contributed by atoms with Crippen LogP contribution in [0.4, 0.5) is 10.5 Å². The number of rotatable bonds is 9. The van der Waals surface area contributed by atoms with Crippen molar-refractivity contribution < 1.29 is 9.59 Å². The molecule has 0 radical (unpaired) electrons. The van der Waals surface area contributed by atoms with Crippen LogP contribution >= 0.6 is 22.9 Å². The van der Waals surface area contributed by atoms with Crippen LogP contribution in [-0.4, -0.2) is 58.4 Å². The Balaban J connectivity index is 1.48. The van der Waals surface area contributed by atoms with Gasteiger partial charge in [-0.3, -0.25) is 4.79 Å². The van der Waals surface area contributed by atoms with Crippen molar-refractivity contribution in [3.63, 3.8) is 0 Å². The molecule has 7 nitrogen and oxygen atoms in total. The molecule has 0 spiro atoms. The first-order valence-corrected chi connectivity index (χ1v) is 12.9. The van der Waals surface area contributed by atoms with Crippen LogP contribution in [0.3, 0.4) is 0 Å². The number of carbonyl (C=O) groups excluding carboxylic acids is 2. The van der Waals surface area contributed by atoms with E-state index in [0.29, 0.717) is 35.5 Å². The lowest BCUT2D eigenvalue weighted by Gasteiger charge is -2.33. The minimum absolute atomic E-state index is 0.0318. The van der Waals surface area contributed by atoms with Gasteiger partial charge in [-0.1, -0.05) is 18.0 Å². The lowest BCUT2D eigenvalue weighted by Crippen LogP contribution is -2.39. The average Bonchev–Trinajstić information content (AvgIpc) is 3.26. The lowest BCUT2D eigenvalue weighted by molar-refractivity contribution is 0.0944. The molecule has 33 heavy (non-hydrogen) atoms. The second-order valence-electron chi connectivity index (χ2n) is 8.78. The Hall–Kier alpha value is -2.16. The Bertz CT molecular complexity index is 918. The van der Waals surface area contributed by atoms with Gasteiger partial charge in [0.25, 0.3) is 5.91 Å². The molecule has 0 saturated carbocycles. The lowest BCUT2D eigenvalue weighted by atomic mass is 10.0. The first-order chi connectivity index (χ1) is 15.8. The Labute approximate surface area is 205 Å². The fourth-order valence-corrected chi connectivity index (χ4v) is 4.81. The molecule has 1 unspecified atom stereocenters. The zero-order chi connectivity index (χ0) is 23.8. The number of likely N-dealkylation sites (tertiary alicyclic amines) is 1. The number of halogens is 1. The van der Waals surface area contributed by atoms with Gasteiger partial charge in [-0.05, 0) is 70.8 Å². The van der Waals surface area contributed by atoms with Gasteiger partial charge >= 0.3 is 6.03 Å². The molecule has 2 N–H and O–H groups in total. The molecule has 180 valence electrons. The Morgan fingerprint density at radius 3 is 2.73 bits per heavy atom. The topological polar surface area (TPSA) is 77.6 Å². The van der Waals surface area contributed by atoms with Gasteiger partial charge in [0.2, 0.25) is 0 Å². The van der Waals surface area contributed by atoms with Crippen LogP contribution in [-0.2, 0) is 6.54 Å². The quantitative estimate of drug-likeness (QED) is 0.470. The number of hydrogen-bond acceptors (Lipinski definition) is 5. The minimum Gasteiger partial charge on any atom is -0.351 e. The molecule has 2 aromatic rings. The molecular formula is C24H34ClN5O2S. The van der Waals surface area contributed by atoms with Crippen molar-refractivity contribution in [2.24, 2.45) is 0 Å². The van der Waals surface area contributed by atoms with Gasteiger partial charge in [0.1, 0.15) is 10.7 Å². The summed E-state index contributed by atoms with van der Waals surface area (Å²) in [5.41, 5.74) is 1.08. The third-order valence-electron chi connectivity index (χ3n) is 5.92. The number of thiazole rings is 1. The second kappa shape index (κ2) is 12.3. The number of piperidine rings is 1. The van der Waals surface area contributed by atoms with E-state index in [9.17, 15) is 9.59 Å². The first-order valence-electron chi connectivity index (χ1n) is 11.6. The second-order valence-corrected chi connectivity index (χ2v) is 10.2. The number of aromatic nitrogens is 1. The van der Waals surface area contributed by atoms with E-state index in [1.54, 1.807) is 34.5 Å². The standard InChI is InChI=1S/C24H34ClN5O2S/c1-17(2)30(24(32)27-20-10-8-19(25)9-11-20)15-22-28-21(16-33-22)23(31)26-12-6-14-29-13-5-4-7-18(29)3/h8-11,16-18H,4-7,12-15H2,1-3H3,(H,26,31)(H,27,32). The Kier molecular flexibility index (Phi) is 9.52. The molecule has 0 bridgehead atoms. The molecule has 3 amide bonds. The molecule has 1 saturated heterocycles. The highest BCUT2D eigenvalue weighted by Crippen LogP contribution is 2.18. The summed E-state index contributed by atoms with van der Waals surface area (Å²) in [6.07, 6.45) is 4.78. The summed E-state index contributed by atoms with van der Waals surface area (Å²) in [4.78, 5) is 34.0. The van der Waals surface area contributed by atoms with Crippen molar-refractivity contribution in [2.75, 3.05) is 25.0 Å². The Morgan fingerprint density at radius 1 is 1.27 bits per heavy atom. The number of hydrogen-bond donors (Lipinski definition) is 2. The number of nitrogens with zero attached hydrogens (tertiary/aromatic N) is 3. The molecule has 3 rings (SSSR count). The summed E-state index contributed by atoms with van der Waals surface area (Å²) >= 11 is 7.31. The van der Waals surface area contributed by atoms with E-state index in [2.05, 4.69) is 27.4 Å². The van der Waals surface area contributed by atoms with Crippen LogP contribution in [0.5, 0.6) is 0 Å². The summed E-state index contributed by atoms with van der Waals surface area (Å²) < 4.78 is 0. The van der Waals surface area contributed by atoms with Gasteiger partial charge in [0.15, 0.2) is 0 Å². The van der Waals surface area contributed by atoms with Crippen LogP contribution in [0.25, 0.3) is 0 Å². The predicted molar refractivity (Wildman–Crippen MR) is 135 cm³/mol. The molecular weight excluding hydrogens is 458 g/mol. The van der Waals surface area contributed by atoms with Crippen LogP contribution in [0.2, 0.25) is 5.02 Å². The number of benzene rings is 1. The van der Waals surface area contributed by atoms with Gasteiger partial charge in [-0.25, -0.2) is 9.78 Å². The maximum atomic E-state index is 12.8. The smallest absolute Gasteiger partial charge is 0.322 e. The molecule has 1 aromatic carbocycles. The molecule has 9 heteroatoms. The number of urea groups is 1. The van der Waals surface area contributed by atoms with Gasteiger partial charge in [0, 0.05) is 41.3 Å². The highest BCUT2D eigenvalue weighted by Gasteiger charge is 2.21. The van der Waals surface area contributed by atoms with E-state index in [1.165, 1.54) is 30.6 Å². The largest absolute Gasteiger partial charge is 0.351 e. The third kappa shape index (κ3) is 7.69. The summed E-state index contributed by atoms with van der Waals surface area (Å²) in [6, 6.07) is 7.37. The third-order valence-corrected chi connectivity index (χ3v) is 7.00.